The minimum Gasteiger partial charge on any atom is -0.393 e. The molecule has 0 aliphatic rings. The van der Waals surface area contributed by atoms with Gasteiger partial charge in [-0.05, 0) is 42.5 Å². The summed E-state index contributed by atoms with van der Waals surface area (Å²) in [7, 11) is 0. The van der Waals surface area contributed by atoms with Gasteiger partial charge in [0, 0.05) is 15.7 Å². The second-order valence-electron chi connectivity index (χ2n) is 4.87. The maximum atomic E-state index is 6.16. The van der Waals surface area contributed by atoms with Crippen molar-refractivity contribution in [1.29, 1.82) is 0 Å². The molecule has 0 saturated carbocycles. The van der Waals surface area contributed by atoms with E-state index in [0.717, 1.165) is 5.69 Å². The number of nitrogens with zero attached hydrogens (tertiary/aromatic N) is 2. The van der Waals surface area contributed by atoms with Crippen molar-refractivity contribution >= 4 is 63.5 Å². The molecule has 0 aliphatic heterocycles. The minimum atomic E-state index is 0.360. The van der Waals surface area contributed by atoms with Crippen molar-refractivity contribution in [2.24, 2.45) is 0 Å². The van der Waals surface area contributed by atoms with Gasteiger partial charge in [-0.1, -0.05) is 34.8 Å². The molecule has 0 amide bonds. The van der Waals surface area contributed by atoms with Crippen LogP contribution in [0, 0.1) is 0 Å². The van der Waals surface area contributed by atoms with Crippen LogP contribution in [0.3, 0.4) is 0 Å². The summed E-state index contributed by atoms with van der Waals surface area (Å²) < 4.78 is 0. The Morgan fingerprint density at radius 1 is 0.792 bits per heavy atom. The molecule has 0 atom stereocenters. The zero-order chi connectivity index (χ0) is 17.1. The summed E-state index contributed by atoms with van der Waals surface area (Å²) in [5, 5.41) is 7.86. The van der Waals surface area contributed by atoms with E-state index in [1.165, 1.54) is 6.33 Å². The Bertz CT molecular complexity index is 868. The number of benzene rings is 2. The smallest absolute Gasteiger partial charge is 0.159 e. The Morgan fingerprint density at radius 2 is 1.42 bits per heavy atom. The monoisotopic (exact) mass is 379 g/mol. The van der Waals surface area contributed by atoms with Crippen LogP contribution in [0.1, 0.15) is 0 Å². The molecule has 0 spiro atoms. The summed E-state index contributed by atoms with van der Waals surface area (Å²) in [4.78, 5) is 8.31. The van der Waals surface area contributed by atoms with Crippen molar-refractivity contribution in [2.75, 3.05) is 16.4 Å². The quantitative estimate of drug-likeness (QED) is 0.556. The second kappa shape index (κ2) is 7.13. The number of aromatic nitrogens is 2. The lowest BCUT2D eigenvalue weighted by atomic mass is 10.3. The number of anilines is 5. The third-order valence-corrected chi connectivity index (χ3v) is 3.97. The van der Waals surface area contributed by atoms with E-state index in [4.69, 9.17) is 40.5 Å². The number of hydrogen-bond acceptors (Lipinski definition) is 5. The third-order valence-electron chi connectivity index (χ3n) is 3.18. The molecule has 0 radical (unpaired) electrons. The van der Waals surface area contributed by atoms with Gasteiger partial charge in [-0.3, -0.25) is 0 Å². The molecule has 3 aromatic rings. The molecule has 3 rings (SSSR count). The largest absolute Gasteiger partial charge is 0.393 e. The molecule has 122 valence electrons. The molecule has 0 unspecified atom stereocenters. The molecular formula is C16H12Cl3N5. The molecule has 2 aromatic carbocycles. The molecule has 5 nitrogen and oxygen atoms in total. The highest BCUT2D eigenvalue weighted by atomic mass is 35.5. The fraction of sp³-hybridized carbons (Fsp3) is 0. The van der Waals surface area contributed by atoms with Crippen LogP contribution in [0.4, 0.5) is 28.7 Å². The lowest BCUT2D eigenvalue weighted by Gasteiger charge is -2.13. The molecule has 8 heteroatoms. The van der Waals surface area contributed by atoms with Crippen LogP contribution in [0.15, 0.2) is 48.8 Å². The minimum absolute atomic E-state index is 0.360. The highest BCUT2D eigenvalue weighted by Gasteiger charge is 2.10. The van der Waals surface area contributed by atoms with Gasteiger partial charge in [-0.2, -0.15) is 0 Å². The lowest BCUT2D eigenvalue weighted by molar-refractivity contribution is 1.17. The van der Waals surface area contributed by atoms with E-state index in [1.807, 2.05) is 12.1 Å². The maximum absolute atomic E-state index is 6.16. The standard InChI is InChI=1S/C16H12Cl3N5/c17-9-1-4-11(5-2-9)23-15-14(20)16(22-8-21-15)24-13-6-3-10(18)7-12(13)19/h1-8H,20H2,(H2,21,22,23,24). The number of nitrogens with two attached hydrogens (primary N) is 1. The summed E-state index contributed by atoms with van der Waals surface area (Å²) in [5.74, 6) is 0.908. The third kappa shape index (κ3) is 3.82. The van der Waals surface area contributed by atoms with Gasteiger partial charge >= 0.3 is 0 Å². The fourth-order valence-electron chi connectivity index (χ4n) is 1.98. The highest BCUT2D eigenvalue weighted by Crippen LogP contribution is 2.32. The molecule has 1 aromatic heterocycles. The van der Waals surface area contributed by atoms with E-state index >= 15 is 0 Å². The number of hydrogen-bond donors (Lipinski definition) is 3. The lowest BCUT2D eigenvalue weighted by Crippen LogP contribution is -2.05. The molecule has 0 fully saturated rings. The SMILES string of the molecule is Nc1c(Nc2ccc(Cl)cc2)ncnc1Nc1ccc(Cl)cc1Cl. The number of nitrogen functional groups attached to an aromatic ring is 1. The molecule has 24 heavy (non-hydrogen) atoms. The van der Waals surface area contributed by atoms with Crippen LogP contribution in [-0.4, -0.2) is 9.97 Å². The van der Waals surface area contributed by atoms with Gasteiger partial charge in [0.15, 0.2) is 11.6 Å². The van der Waals surface area contributed by atoms with Gasteiger partial charge in [0.2, 0.25) is 0 Å². The fourth-order valence-corrected chi connectivity index (χ4v) is 2.56. The number of nitrogens with one attached hydrogen (secondary N) is 2. The van der Waals surface area contributed by atoms with Crippen LogP contribution in [0.5, 0.6) is 0 Å². The van der Waals surface area contributed by atoms with E-state index in [9.17, 15) is 0 Å². The molecule has 4 N–H and O–H groups in total. The van der Waals surface area contributed by atoms with Crippen LogP contribution in [0.2, 0.25) is 15.1 Å². The Labute approximate surface area is 153 Å². The second-order valence-corrected chi connectivity index (χ2v) is 6.15. The topological polar surface area (TPSA) is 75.9 Å². The maximum Gasteiger partial charge on any atom is 0.159 e. The zero-order valence-electron chi connectivity index (χ0n) is 12.2. The average molecular weight is 381 g/mol. The van der Waals surface area contributed by atoms with Crippen molar-refractivity contribution in [3.8, 4) is 0 Å². The van der Waals surface area contributed by atoms with Crippen LogP contribution in [-0.2, 0) is 0 Å². The average Bonchev–Trinajstić information content (AvgIpc) is 2.55. The van der Waals surface area contributed by atoms with E-state index in [1.54, 1.807) is 30.3 Å². The van der Waals surface area contributed by atoms with Gasteiger partial charge in [-0.15, -0.1) is 0 Å². The molecule has 0 aliphatic carbocycles. The van der Waals surface area contributed by atoms with Crippen molar-refractivity contribution in [3.63, 3.8) is 0 Å². The van der Waals surface area contributed by atoms with Crippen molar-refractivity contribution in [1.82, 2.24) is 9.97 Å². The van der Waals surface area contributed by atoms with Crippen molar-refractivity contribution in [2.45, 2.75) is 0 Å². The van der Waals surface area contributed by atoms with Crippen molar-refractivity contribution < 1.29 is 0 Å². The molecular weight excluding hydrogens is 369 g/mol. The van der Waals surface area contributed by atoms with Gasteiger partial charge in [0.1, 0.15) is 12.0 Å². The summed E-state index contributed by atoms with van der Waals surface area (Å²) in [6, 6.07) is 12.3. The van der Waals surface area contributed by atoms with E-state index in [2.05, 4.69) is 20.6 Å². The summed E-state index contributed by atoms with van der Waals surface area (Å²) in [5.41, 5.74) is 7.95. The Morgan fingerprint density at radius 3 is 2.08 bits per heavy atom. The van der Waals surface area contributed by atoms with Gasteiger partial charge in [0.25, 0.3) is 0 Å². The van der Waals surface area contributed by atoms with Crippen LogP contribution in [0.25, 0.3) is 0 Å². The first kappa shape index (κ1) is 16.6. The summed E-state index contributed by atoms with van der Waals surface area (Å²) in [6.45, 7) is 0. The Balaban J connectivity index is 1.86. The predicted molar refractivity (Wildman–Crippen MR) is 101 cm³/mol. The highest BCUT2D eigenvalue weighted by molar-refractivity contribution is 6.36. The van der Waals surface area contributed by atoms with Gasteiger partial charge in [0.05, 0.1) is 10.7 Å². The summed E-state index contributed by atoms with van der Waals surface area (Å²) in [6.07, 6.45) is 1.40. The Kier molecular flexibility index (Phi) is 4.94. The summed E-state index contributed by atoms with van der Waals surface area (Å²) >= 11 is 17.9. The zero-order valence-corrected chi connectivity index (χ0v) is 14.5. The molecule has 0 bridgehead atoms. The predicted octanol–water partition coefficient (Wildman–Crippen LogP) is 5.51. The number of rotatable bonds is 4. The van der Waals surface area contributed by atoms with Crippen LogP contribution < -0.4 is 16.4 Å². The molecule has 0 saturated heterocycles. The Hall–Kier alpha value is -2.21. The van der Waals surface area contributed by atoms with E-state index < -0.39 is 0 Å². The van der Waals surface area contributed by atoms with Gasteiger partial charge in [-0.25, -0.2) is 9.97 Å². The molecule has 1 heterocycles. The van der Waals surface area contributed by atoms with Gasteiger partial charge < -0.3 is 16.4 Å². The normalized spacial score (nSPS) is 10.5. The van der Waals surface area contributed by atoms with Crippen LogP contribution >= 0.6 is 34.8 Å². The van der Waals surface area contributed by atoms with E-state index in [-0.39, 0.29) is 0 Å². The number of halogens is 3. The van der Waals surface area contributed by atoms with E-state index in [0.29, 0.717) is 38.1 Å². The first-order valence-electron chi connectivity index (χ1n) is 6.88. The first-order chi connectivity index (χ1) is 11.5. The first-order valence-corrected chi connectivity index (χ1v) is 8.01. The van der Waals surface area contributed by atoms with Crippen molar-refractivity contribution in [3.05, 3.63) is 63.9 Å².